The van der Waals surface area contributed by atoms with Gasteiger partial charge in [0.1, 0.15) is 17.4 Å². The molecule has 0 radical (unpaired) electrons. The standard InChI is InChI=1S/C20H33NO5Si/c1-19(2,3)25-18(24)21-16(17(22)23)13-14-9-11-15(12-10-14)26-27(7,8)20(4,5)6/h9-12,16H,13H2,1-8H3,(H,21,24)(H,22,23)/t16-/m0/s1. The topological polar surface area (TPSA) is 84.9 Å². The number of nitrogens with one attached hydrogen (secondary N) is 1. The zero-order valence-corrected chi connectivity index (χ0v) is 18.7. The fraction of sp³-hybridized carbons (Fsp3) is 0.600. The number of alkyl carbamates (subject to hydrolysis) is 1. The zero-order chi connectivity index (χ0) is 21.0. The lowest BCUT2D eigenvalue weighted by Crippen LogP contribution is -2.44. The molecule has 0 aliphatic heterocycles. The van der Waals surface area contributed by atoms with Crippen LogP contribution < -0.4 is 9.74 Å². The molecular formula is C20H33NO5Si. The Balaban J connectivity index is 2.79. The van der Waals surface area contributed by atoms with E-state index in [1.807, 2.05) is 24.3 Å². The third-order valence-electron chi connectivity index (χ3n) is 4.53. The number of aliphatic carboxylic acids is 1. The monoisotopic (exact) mass is 395 g/mol. The largest absolute Gasteiger partial charge is 0.544 e. The highest BCUT2D eigenvalue weighted by molar-refractivity contribution is 6.74. The molecule has 1 aromatic rings. The molecule has 6 nitrogen and oxygen atoms in total. The predicted octanol–water partition coefficient (Wildman–Crippen LogP) is 4.59. The summed E-state index contributed by atoms with van der Waals surface area (Å²) < 4.78 is 11.4. The number of carbonyl (C=O) groups excluding carboxylic acids is 1. The second kappa shape index (κ2) is 8.33. The normalized spacial score (nSPS) is 13.6. The molecule has 1 atom stereocenters. The van der Waals surface area contributed by atoms with Crippen molar-refractivity contribution < 1.29 is 23.9 Å². The summed E-state index contributed by atoms with van der Waals surface area (Å²) in [7, 11) is -1.93. The molecule has 7 heteroatoms. The molecule has 1 aromatic carbocycles. The second-order valence-corrected chi connectivity index (χ2v) is 14.0. The molecule has 0 aliphatic rings. The van der Waals surface area contributed by atoms with E-state index in [9.17, 15) is 14.7 Å². The first-order valence-electron chi connectivity index (χ1n) is 9.11. The van der Waals surface area contributed by atoms with Crippen LogP contribution in [0.15, 0.2) is 24.3 Å². The Morgan fingerprint density at radius 1 is 1.07 bits per heavy atom. The van der Waals surface area contributed by atoms with E-state index in [-0.39, 0.29) is 11.5 Å². The van der Waals surface area contributed by atoms with Crippen molar-refractivity contribution in [2.45, 2.75) is 77.7 Å². The van der Waals surface area contributed by atoms with Crippen LogP contribution in [0, 0.1) is 0 Å². The van der Waals surface area contributed by atoms with Gasteiger partial charge in [-0.1, -0.05) is 32.9 Å². The number of carboxylic acid groups (broad SMARTS) is 1. The molecule has 0 bridgehead atoms. The summed E-state index contributed by atoms with van der Waals surface area (Å²) in [5, 5.41) is 11.9. The van der Waals surface area contributed by atoms with Crippen molar-refractivity contribution in [3.05, 3.63) is 29.8 Å². The maximum absolute atomic E-state index is 11.9. The molecule has 0 aliphatic carbocycles. The average Bonchev–Trinajstić information content (AvgIpc) is 2.45. The van der Waals surface area contributed by atoms with Gasteiger partial charge in [0, 0.05) is 6.42 Å². The van der Waals surface area contributed by atoms with Gasteiger partial charge in [-0.2, -0.15) is 0 Å². The van der Waals surface area contributed by atoms with Gasteiger partial charge in [0.15, 0.2) is 0 Å². The predicted molar refractivity (Wildman–Crippen MR) is 109 cm³/mol. The number of ether oxygens (including phenoxy) is 1. The van der Waals surface area contributed by atoms with Crippen LogP contribution in [0.4, 0.5) is 4.79 Å². The maximum Gasteiger partial charge on any atom is 0.408 e. The van der Waals surface area contributed by atoms with E-state index in [0.717, 1.165) is 11.3 Å². The average molecular weight is 396 g/mol. The van der Waals surface area contributed by atoms with Gasteiger partial charge >= 0.3 is 12.1 Å². The summed E-state index contributed by atoms with van der Waals surface area (Å²) in [4.78, 5) is 23.3. The van der Waals surface area contributed by atoms with Crippen LogP contribution in [0.2, 0.25) is 18.1 Å². The van der Waals surface area contributed by atoms with Gasteiger partial charge in [-0.15, -0.1) is 0 Å². The van der Waals surface area contributed by atoms with E-state index in [4.69, 9.17) is 9.16 Å². The number of carbonyl (C=O) groups is 2. The van der Waals surface area contributed by atoms with E-state index in [0.29, 0.717) is 0 Å². The number of rotatable bonds is 6. The van der Waals surface area contributed by atoms with Crippen LogP contribution in [0.5, 0.6) is 5.75 Å². The second-order valence-electron chi connectivity index (χ2n) is 9.25. The number of carboxylic acids is 1. The van der Waals surface area contributed by atoms with E-state index in [1.165, 1.54) is 0 Å². The van der Waals surface area contributed by atoms with Crippen molar-refractivity contribution in [2.75, 3.05) is 0 Å². The molecular weight excluding hydrogens is 362 g/mol. The lowest BCUT2D eigenvalue weighted by Gasteiger charge is -2.36. The lowest BCUT2D eigenvalue weighted by molar-refractivity contribution is -0.139. The first kappa shape index (κ1) is 23.0. The van der Waals surface area contributed by atoms with Gasteiger partial charge in [0.25, 0.3) is 0 Å². The highest BCUT2D eigenvalue weighted by atomic mass is 28.4. The molecule has 1 amide bonds. The van der Waals surface area contributed by atoms with Gasteiger partial charge in [-0.3, -0.25) is 0 Å². The minimum atomic E-state index is -1.93. The Labute approximate surface area is 163 Å². The van der Waals surface area contributed by atoms with Gasteiger partial charge in [-0.25, -0.2) is 9.59 Å². The van der Waals surface area contributed by atoms with Crippen LogP contribution in [0.25, 0.3) is 0 Å². The van der Waals surface area contributed by atoms with Gasteiger partial charge in [0.2, 0.25) is 8.32 Å². The molecule has 2 N–H and O–H groups in total. The van der Waals surface area contributed by atoms with Crippen molar-refractivity contribution in [1.82, 2.24) is 5.32 Å². The summed E-state index contributed by atoms with van der Waals surface area (Å²) in [6, 6.07) is 6.29. The molecule has 0 heterocycles. The number of hydrogen-bond acceptors (Lipinski definition) is 4. The summed E-state index contributed by atoms with van der Waals surface area (Å²) >= 11 is 0. The van der Waals surface area contributed by atoms with Crippen molar-refractivity contribution in [3.63, 3.8) is 0 Å². The highest BCUT2D eigenvalue weighted by Crippen LogP contribution is 2.37. The minimum absolute atomic E-state index is 0.0947. The molecule has 27 heavy (non-hydrogen) atoms. The molecule has 0 fully saturated rings. The first-order chi connectivity index (χ1) is 12.1. The van der Waals surface area contributed by atoms with Gasteiger partial charge in [-0.05, 0) is 56.6 Å². The van der Waals surface area contributed by atoms with Crippen LogP contribution >= 0.6 is 0 Å². The Hall–Kier alpha value is -2.02. The van der Waals surface area contributed by atoms with Crippen molar-refractivity contribution in [3.8, 4) is 5.75 Å². The van der Waals surface area contributed by atoms with Crippen molar-refractivity contribution >= 4 is 20.4 Å². The van der Waals surface area contributed by atoms with E-state index in [1.54, 1.807) is 20.8 Å². The Morgan fingerprint density at radius 3 is 2.00 bits per heavy atom. The van der Waals surface area contributed by atoms with Gasteiger partial charge < -0.3 is 19.6 Å². The lowest BCUT2D eigenvalue weighted by atomic mass is 10.1. The van der Waals surface area contributed by atoms with Crippen LogP contribution in [-0.2, 0) is 16.0 Å². The fourth-order valence-corrected chi connectivity index (χ4v) is 3.06. The summed E-state index contributed by atoms with van der Waals surface area (Å²) in [5.74, 6) is -0.334. The Kier molecular flexibility index (Phi) is 7.10. The zero-order valence-electron chi connectivity index (χ0n) is 17.7. The molecule has 0 aromatic heterocycles. The quantitative estimate of drug-likeness (QED) is 0.688. The fourth-order valence-electron chi connectivity index (χ4n) is 2.03. The molecule has 0 unspecified atom stereocenters. The molecule has 0 spiro atoms. The summed E-state index contributed by atoms with van der Waals surface area (Å²) in [5.41, 5.74) is 0.108. The Morgan fingerprint density at radius 2 is 1.59 bits per heavy atom. The molecule has 152 valence electrons. The summed E-state index contributed by atoms with van der Waals surface area (Å²) in [6.07, 6.45) is -0.581. The Bertz CT molecular complexity index is 656. The van der Waals surface area contributed by atoms with Crippen LogP contribution in [0.3, 0.4) is 0 Å². The van der Waals surface area contributed by atoms with Crippen molar-refractivity contribution in [1.29, 1.82) is 0 Å². The third-order valence-corrected chi connectivity index (χ3v) is 8.89. The molecule has 0 saturated heterocycles. The first-order valence-corrected chi connectivity index (χ1v) is 12.0. The summed E-state index contributed by atoms with van der Waals surface area (Å²) in [6.45, 7) is 16.0. The van der Waals surface area contributed by atoms with Crippen molar-refractivity contribution in [2.24, 2.45) is 0 Å². The van der Waals surface area contributed by atoms with E-state index < -0.39 is 32.0 Å². The van der Waals surface area contributed by atoms with Crippen LogP contribution in [-0.4, -0.2) is 37.1 Å². The van der Waals surface area contributed by atoms with E-state index in [2.05, 4.69) is 39.2 Å². The highest BCUT2D eigenvalue weighted by Gasteiger charge is 2.38. The minimum Gasteiger partial charge on any atom is -0.544 e. The van der Waals surface area contributed by atoms with Crippen LogP contribution in [0.1, 0.15) is 47.1 Å². The number of hydrogen-bond donors (Lipinski definition) is 2. The number of amides is 1. The smallest absolute Gasteiger partial charge is 0.408 e. The maximum atomic E-state index is 11.9. The van der Waals surface area contributed by atoms with E-state index >= 15 is 0 Å². The van der Waals surface area contributed by atoms with Gasteiger partial charge in [0.05, 0.1) is 0 Å². The molecule has 0 saturated carbocycles. The molecule has 1 rings (SSSR count). The third kappa shape index (κ3) is 7.62. The number of benzene rings is 1. The SMILES string of the molecule is CC(C)(C)OC(=O)N[C@@H](Cc1ccc(O[Si](C)(C)C(C)(C)C)cc1)C(=O)O.